The van der Waals surface area contributed by atoms with Crippen LogP contribution >= 0.6 is 0 Å². The minimum atomic E-state index is 0.905. The molecule has 0 spiro atoms. The summed E-state index contributed by atoms with van der Waals surface area (Å²) in [4.78, 5) is 2.35. The van der Waals surface area contributed by atoms with Gasteiger partial charge in [-0.15, -0.1) is 0 Å². The Bertz CT molecular complexity index is 2890. The maximum Gasteiger partial charge on any atom is 0.136 e. The van der Waals surface area contributed by atoms with Gasteiger partial charge in [0.2, 0.25) is 0 Å². The van der Waals surface area contributed by atoms with E-state index in [1.807, 2.05) is 0 Å². The zero-order valence-electron chi connectivity index (χ0n) is 28.4. The summed E-state index contributed by atoms with van der Waals surface area (Å²) in [5, 5.41) is 7.16. The first-order valence-corrected chi connectivity index (χ1v) is 17.7. The topological polar surface area (TPSA) is 16.4 Å². The van der Waals surface area contributed by atoms with Crippen molar-refractivity contribution in [1.29, 1.82) is 0 Å². The molecule has 0 fully saturated rings. The SMILES string of the molecule is c1ccc(-c2ccc(N(c3ccc(-c4ccc5oc6cc7ccccc7cc6c5c4)cc3)c3cccc(-c4ccc5ccccc5c4)c3)cc2)cc1. The number of furan rings is 1. The molecule has 0 aliphatic rings. The normalized spacial score (nSPS) is 11.5. The lowest BCUT2D eigenvalue weighted by Crippen LogP contribution is -2.10. The van der Waals surface area contributed by atoms with Crippen LogP contribution in [0.1, 0.15) is 0 Å². The van der Waals surface area contributed by atoms with E-state index in [0.717, 1.165) is 50.1 Å². The van der Waals surface area contributed by atoms with Gasteiger partial charge in [0.25, 0.3) is 0 Å². The van der Waals surface area contributed by atoms with E-state index in [-0.39, 0.29) is 0 Å². The summed E-state index contributed by atoms with van der Waals surface area (Å²) in [5.41, 5.74) is 12.2. The Hall–Kier alpha value is -6.90. The van der Waals surface area contributed by atoms with Crippen LogP contribution < -0.4 is 4.90 Å². The summed E-state index contributed by atoms with van der Waals surface area (Å²) in [7, 11) is 0. The first-order chi connectivity index (χ1) is 25.7. The molecule has 0 amide bonds. The molecule has 0 saturated heterocycles. The molecule has 1 heterocycles. The van der Waals surface area contributed by atoms with Crippen LogP contribution in [0.25, 0.3) is 76.9 Å². The molecule has 10 rings (SSSR count). The highest BCUT2D eigenvalue weighted by molar-refractivity contribution is 6.11. The second kappa shape index (κ2) is 12.5. The lowest BCUT2D eigenvalue weighted by molar-refractivity contribution is 0.669. The van der Waals surface area contributed by atoms with Crippen molar-refractivity contribution in [2.75, 3.05) is 4.90 Å². The molecule has 9 aromatic carbocycles. The molecule has 1 aromatic heterocycles. The van der Waals surface area contributed by atoms with E-state index in [1.54, 1.807) is 0 Å². The molecule has 10 aromatic rings. The molecule has 0 atom stereocenters. The zero-order chi connectivity index (χ0) is 34.4. The standard InChI is InChI=1S/C50H33NO/c1-2-9-34(10-3-1)36-19-24-44(25-20-36)51(46-16-8-15-39(30-46)42-18-17-35-11-4-5-12-38(35)29-42)45-26-21-37(22-27-45)43-23-28-49-47(32-43)48-31-40-13-6-7-14-41(40)33-50(48)52-49/h1-33H. The van der Waals surface area contributed by atoms with Crippen molar-refractivity contribution >= 4 is 60.5 Å². The van der Waals surface area contributed by atoms with E-state index in [1.165, 1.54) is 43.8 Å². The minimum absolute atomic E-state index is 0.905. The average Bonchev–Trinajstić information content (AvgIpc) is 3.57. The van der Waals surface area contributed by atoms with Gasteiger partial charge in [-0.25, -0.2) is 0 Å². The molecule has 0 aliphatic carbocycles. The van der Waals surface area contributed by atoms with Crippen molar-refractivity contribution in [3.05, 3.63) is 200 Å². The van der Waals surface area contributed by atoms with Crippen LogP contribution in [0.15, 0.2) is 205 Å². The van der Waals surface area contributed by atoms with Crippen LogP contribution in [-0.4, -0.2) is 0 Å². The van der Waals surface area contributed by atoms with Crippen molar-refractivity contribution in [3.63, 3.8) is 0 Å². The monoisotopic (exact) mass is 663 g/mol. The Morgan fingerprint density at radius 2 is 0.769 bits per heavy atom. The van der Waals surface area contributed by atoms with Gasteiger partial charge in [0.1, 0.15) is 11.2 Å². The average molecular weight is 664 g/mol. The van der Waals surface area contributed by atoms with Gasteiger partial charge in [-0.3, -0.25) is 0 Å². The third kappa shape index (κ3) is 5.39. The highest BCUT2D eigenvalue weighted by Gasteiger charge is 2.16. The van der Waals surface area contributed by atoms with Gasteiger partial charge in [0.05, 0.1) is 0 Å². The number of fused-ring (bicyclic) bond motifs is 5. The van der Waals surface area contributed by atoms with E-state index in [4.69, 9.17) is 4.42 Å². The summed E-state index contributed by atoms with van der Waals surface area (Å²) >= 11 is 0. The molecule has 0 saturated carbocycles. The van der Waals surface area contributed by atoms with Crippen LogP contribution in [0.5, 0.6) is 0 Å². The number of anilines is 3. The molecule has 0 N–H and O–H groups in total. The maximum absolute atomic E-state index is 6.29. The van der Waals surface area contributed by atoms with Crippen LogP contribution in [-0.2, 0) is 0 Å². The van der Waals surface area contributed by atoms with Crippen molar-refractivity contribution in [3.8, 4) is 33.4 Å². The summed E-state index contributed by atoms with van der Waals surface area (Å²) in [5.74, 6) is 0. The fourth-order valence-electron chi connectivity index (χ4n) is 7.52. The predicted octanol–water partition coefficient (Wildman–Crippen LogP) is 14.4. The number of hydrogen-bond donors (Lipinski definition) is 0. The minimum Gasteiger partial charge on any atom is -0.456 e. The van der Waals surface area contributed by atoms with E-state index in [9.17, 15) is 0 Å². The Morgan fingerprint density at radius 1 is 0.269 bits per heavy atom. The highest BCUT2D eigenvalue weighted by atomic mass is 16.3. The second-order valence-electron chi connectivity index (χ2n) is 13.4. The molecule has 52 heavy (non-hydrogen) atoms. The largest absolute Gasteiger partial charge is 0.456 e. The van der Waals surface area contributed by atoms with Crippen molar-refractivity contribution < 1.29 is 4.42 Å². The highest BCUT2D eigenvalue weighted by Crippen LogP contribution is 2.40. The smallest absolute Gasteiger partial charge is 0.136 e. The fraction of sp³-hybridized carbons (Fsp3) is 0. The Balaban J connectivity index is 1.05. The van der Waals surface area contributed by atoms with E-state index in [2.05, 4.69) is 205 Å². The van der Waals surface area contributed by atoms with Gasteiger partial charge in [0, 0.05) is 27.8 Å². The van der Waals surface area contributed by atoms with Crippen molar-refractivity contribution in [2.24, 2.45) is 0 Å². The third-order valence-electron chi connectivity index (χ3n) is 10.2. The van der Waals surface area contributed by atoms with E-state index < -0.39 is 0 Å². The van der Waals surface area contributed by atoms with Crippen LogP contribution in [0, 0.1) is 0 Å². The van der Waals surface area contributed by atoms with Gasteiger partial charge in [-0.2, -0.15) is 0 Å². The Kier molecular flexibility index (Phi) is 7.18. The van der Waals surface area contributed by atoms with E-state index >= 15 is 0 Å². The molecule has 0 bridgehead atoms. The number of hydrogen-bond acceptors (Lipinski definition) is 2. The number of benzene rings is 9. The lowest BCUT2D eigenvalue weighted by atomic mass is 9.99. The van der Waals surface area contributed by atoms with Crippen molar-refractivity contribution in [1.82, 2.24) is 0 Å². The van der Waals surface area contributed by atoms with Gasteiger partial charge >= 0.3 is 0 Å². The van der Waals surface area contributed by atoms with Gasteiger partial charge < -0.3 is 9.32 Å². The Labute approximate surface area is 302 Å². The molecule has 244 valence electrons. The quantitative estimate of drug-likeness (QED) is 0.176. The summed E-state index contributed by atoms with van der Waals surface area (Å²) in [6.07, 6.45) is 0. The van der Waals surface area contributed by atoms with Crippen LogP contribution in [0.2, 0.25) is 0 Å². The first kappa shape index (κ1) is 30.0. The second-order valence-corrected chi connectivity index (χ2v) is 13.4. The molecule has 2 heteroatoms. The third-order valence-corrected chi connectivity index (χ3v) is 10.2. The summed E-state index contributed by atoms with van der Waals surface area (Å²) < 4.78 is 6.29. The van der Waals surface area contributed by atoms with Gasteiger partial charge in [-0.1, -0.05) is 133 Å². The number of rotatable bonds is 6. The van der Waals surface area contributed by atoms with Crippen LogP contribution in [0.4, 0.5) is 17.1 Å². The predicted molar refractivity (Wildman–Crippen MR) is 220 cm³/mol. The molecular weight excluding hydrogens is 631 g/mol. The van der Waals surface area contributed by atoms with E-state index in [0.29, 0.717) is 0 Å². The first-order valence-electron chi connectivity index (χ1n) is 17.7. The molecule has 0 radical (unpaired) electrons. The molecular formula is C50H33NO. The summed E-state index contributed by atoms with van der Waals surface area (Å²) in [6, 6.07) is 71.8. The summed E-state index contributed by atoms with van der Waals surface area (Å²) in [6.45, 7) is 0. The number of nitrogens with zero attached hydrogens (tertiary/aromatic N) is 1. The lowest BCUT2D eigenvalue weighted by Gasteiger charge is -2.26. The van der Waals surface area contributed by atoms with Crippen LogP contribution in [0.3, 0.4) is 0 Å². The maximum atomic E-state index is 6.29. The van der Waals surface area contributed by atoms with Crippen molar-refractivity contribution in [2.45, 2.75) is 0 Å². The zero-order valence-corrected chi connectivity index (χ0v) is 28.4. The van der Waals surface area contributed by atoms with Gasteiger partial charge in [0.15, 0.2) is 0 Å². The molecule has 0 unspecified atom stereocenters. The Morgan fingerprint density at radius 3 is 1.50 bits per heavy atom. The molecule has 0 aliphatic heterocycles. The van der Waals surface area contributed by atoms with Gasteiger partial charge in [-0.05, 0) is 122 Å². The molecule has 2 nitrogen and oxygen atoms in total. The fourth-order valence-corrected chi connectivity index (χ4v) is 7.52.